The van der Waals surface area contributed by atoms with Crippen LogP contribution in [0.5, 0.6) is 0 Å². The van der Waals surface area contributed by atoms with E-state index in [-0.39, 0.29) is 15.8 Å². The fourth-order valence-electron chi connectivity index (χ4n) is 1.46. The first-order valence-electron chi connectivity index (χ1n) is 5.04. The second-order valence-electron chi connectivity index (χ2n) is 3.73. The van der Waals surface area contributed by atoms with Gasteiger partial charge >= 0.3 is 0 Å². The van der Waals surface area contributed by atoms with Crippen LogP contribution in [0, 0.1) is 23.3 Å². The molecule has 0 atom stereocenters. The molecule has 0 aromatic heterocycles. The lowest BCUT2D eigenvalue weighted by atomic mass is 10.2. The predicted octanol–water partition coefficient (Wildman–Crippen LogP) is 4.33. The van der Waals surface area contributed by atoms with E-state index in [1.54, 1.807) is 0 Å². The van der Waals surface area contributed by atoms with Crippen LogP contribution in [0.25, 0.3) is 0 Å². The number of anilines is 3. The summed E-state index contributed by atoms with van der Waals surface area (Å²) < 4.78 is 52.7. The number of nitrogen functional groups attached to an aromatic ring is 1. The molecule has 2 nitrogen and oxygen atoms in total. The smallest absolute Gasteiger partial charge is 0.182 e. The van der Waals surface area contributed by atoms with E-state index < -0.39 is 29.0 Å². The van der Waals surface area contributed by atoms with Crippen molar-refractivity contribution in [3.8, 4) is 0 Å². The molecule has 0 aliphatic carbocycles. The van der Waals surface area contributed by atoms with Gasteiger partial charge in [-0.1, -0.05) is 0 Å². The lowest BCUT2D eigenvalue weighted by Crippen LogP contribution is -2.01. The highest BCUT2D eigenvalue weighted by Gasteiger charge is 2.13. The van der Waals surface area contributed by atoms with E-state index in [9.17, 15) is 17.6 Å². The van der Waals surface area contributed by atoms with Crippen LogP contribution in [-0.2, 0) is 0 Å². The van der Waals surface area contributed by atoms with Gasteiger partial charge in [0.1, 0.15) is 11.6 Å². The van der Waals surface area contributed by atoms with Crippen LogP contribution >= 0.6 is 15.9 Å². The summed E-state index contributed by atoms with van der Waals surface area (Å²) in [6, 6.07) is 3.44. The minimum Gasteiger partial charge on any atom is -0.397 e. The normalized spacial score (nSPS) is 10.6. The number of rotatable bonds is 2. The molecule has 2 aromatic carbocycles. The fraction of sp³-hybridized carbons (Fsp3) is 0. The topological polar surface area (TPSA) is 38.0 Å². The van der Waals surface area contributed by atoms with Crippen molar-refractivity contribution in [2.75, 3.05) is 11.1 Å². The Morgan fingerprint density at radius 1 is 0.895 bits per heavy atom. The van der Waals surface area contributed by atoms with Crippen LogP contribution < -0.4 is 11.1 Å². The lowest BCUT2D eigenvalue weighted by molar-refractivity contribution is 0.498. The molecule has 0 unspecified atom stereocenters. The number of nitrogens with one attached hydrogen (secondary N) is 1. The molecule has 0 heterocycles. The minimum absolute atomic E-state index is 0.0234. The molecule has 0 aliphatic heterocycles. The van der Waals surface area contributed by atoms with Crippen molar-refractivity contribution in [3.05, 3.63) is 52.0 Å². The summed E-state index contributed by atoms with van der Waals surface area (Å²) in [5.74, 6) is -4.13. The molecule has 0 spiro atoms. The molecule has 100 valence electrons. The zero-order valence-corrected chi connectivity index (χ0v) is 10.9. The van der Waals surface area contributed by atoms with Gasteiger partial charge in [-0.2, -0.15) is 0 Å². The van der Waals surface area contributed by atoms with Gasteiger partial charge in [0.15, 0.2) is 11.6 Å². The Morgan fingerprint density at radius 3 is 2.26 bits per heavy atom. The number of hydrogen-bond donors (Lipinski definition) is 2. The van der Waals surface area contributed by atoms with Crippen molar-refractivity contribution in [3.63, 3.8) is 0 Å². The van der Waals surface area contributed by atoms with Gasteiger partial charge in [0, 0.05) is 18.2 Å². The summed E-state index contributed by atoms with van der Waals surface area (Å²) in [5.41, 5.74) is 5.20. The van der Waals surface area contributed by atoms with E-state index in [0.717, 1.165) is 12.1 Å². The van der Waals surface area contributed by atoms with Gasteiger partial charge in [-0.25, -0.2) is 17.6 Å². The Hall–Kier alpha value is -1.76. The third-order valence-corrected chi connectivity index (χ3v) is 2.96. The van der Waals surface area contributed by atoms with Gasteiger partial charge in [0.2, 0.25) is 0 Å². The van der Waals surface area contributed by atoms with Gasteiger partial charge in [-0.05, 0) is 22.0 Å². The first kappa shape index (κ1) is 13.7. The zero-order chi connectivity index (χ0) is 14.2. The molecule has 0 radical (unpaired) electrons. The second kappa shape index (κ2) is 5.08. The van der Waals surface area contributed by atoms with Crippen LogP contribution in [-0.4, -0.2) is 0 Å². The molecule has 3 N–H and O–H groups in total. The van der Waals surface area contributed by atoms with E-state index in [1.807, 2.05) is 0 Å². The monoisotopic (exact) mass is 334 g/mol. The number of nitrogens with two attached hydrogens (primary N) is 1. The Bertz CT molecular complexity index is 646. The van der Waals surface area contributed by atoms with Crippen molar-refractivity contribution in [1.29, 1.82) is 0 Å². The number of halogens is 5. The molecule has 0 amide bonds. The van der Waals surface area contributed by atoms with Crippen molar-refractivity contribution in [2.45, 2.75) is 0 Å². The highest BCUT2D eigenvalue weighted by Crippen LogP contribution is 2.30. The molecule has 0 aliphatic rings. The van der Waals surface area contributed by atoms with Crippen LogP contribution in [0.15, 0.2) is 28.7 Å². The second-order valence-corrected chi connectivity index (χ2v) is 4.58. The summed E-state index contributed by atoms with van der Waals surface area (Å²) in [6.45, 7) is 0. The maximum atomic E-state index is 13.4. The third kappa shape index (κ3) is 2.81. The number of hydrogen-bond acceptors (Lipinski definition) is 2. The summed E-state index contributed by atoms with van der Waals surface area (Å²) >= 11 is 2.93. The maximum Gasteiger partial charge on any atom is 0.182 e. The summed E-state index contributed by atoms with van der Waals surface area (Å²) in [5, 5.41) is 2.41. The molecule has 0 saturated carbocycles. The predicted molar refractivity (Wildman–Crippen MR) is 68.1 cm³/mol. The van der Waals surface area contributed by atoms with Crippen molar-refractivity contribution >= 4 is 33.0 Å². The van der Waals surface area contributed by atoms with Crippen LogP contribution in [0.4, 0.5) is 34.6 Å². The quantitative estimate of drug-likeness (QED) is 0.487. The van der Waals surface area contributed by atoms with E-state index >= 15 is 0 Å². The Labute approximate surface area is 114 Å². The molecule has 0 fully saturated rings. The Balaban J connectivity index is 2.44. The first-order valence-corrected chi connectivity index (χ1v) is 5.84. The van der Waals surface area contributed by atoms with Crippen LogP contribution in [0.3, 0.4) is 0 Å². The fourth-order valence-corrected chi connectivity index (χ4v) is 1.81. The van der Waals surface area contributed by atoms with Crippen molar-refractivity contribution in [1.82, 2.24) is 0 Å². The standard InChI is InChI=1S/C12H7BrF4N2/c13-6-3-10(9(18)4-7(6)15)19-11-2-5(14)1-8(16)12(11)17/h1-4,19H,18H2. The van der Waals surface area contributed by atoms with Gasteiger partial charge < -0.3 is 11.1 Å². The van der Waals surface area contributed by atoms with Gasteiger partial charge in [0.05, 0.1) is 21.5 Å². The van der Waals surface area contributed by atoms with E-state index in [2.05, 4.69) is 21.2 Å². The van der Waals surface area contributed by atoms with E-state index in [0.29, 0.717) is 6.07 Å². The molecule has 2 rings (SSSR count). The van der Waals surface area contributed by atoms with Crippen molar-refractivity contribution in [2.24, 2.45) is 0 Å². The first-order chi connectivity index (χ1) is 8.88. The Kier molecular flexibility index (Phi) is 3.66. The molecule has 0 bridgehead atoms. The summed E-state index contributed by atoms with van der Waals surface area (Å²) in [6.07, 6.45) is 0. The SMILES string of the molecule is Nc1cc(F)c(Br)cc1Nc1cc(F)cc(F)c1F. The molecular formula is C12H7BrF4N2. The largest absolute Gasteiger partial charge is 0.397 e. The average molecular weight is 335 g/mol. The van der Waals surface area contributed by atoms with Crippen molar-refractivity contribution < 1.29 is 17.6 Å². The minimum atomic E-state index is -1.33. The maximum absolute atomic E-state index is 13.4. The van der Waals surface area contributed by atoms with Crippen LogP contribution in [0.1, 0.15) is 0 Å². The zero-order valence-electron chi connectivity index (χ0n) is 9.28. The van der Waals surface area contributed by atoms with E-state index in [4.69, 9.17) is 5.73 Å². The lowest BCUT2D eigenvalue weighted by Gasteiger charge is -2.11. The van der Waals surface area contributed by atoms with Gasteiger partial charge in [-0.15, -0.1) is 0 Å². The van der Waals surface area contributed by atoms with E-state index in [1.165, 1.54) is 6.07 Å². The third-order valence-electron chi connectivity index (χ3n) is 2.35. The summed E-state index contributed by atoms with van der Waals surface area (Å²) in [4.78, 5) is 0. The van der Waals surface area contributed by atoms with Crippen LogP contribution in [0.2, 0.25) is 0 Å². The molecule has 7 heteroatoms. The molecular weight excluding hydrogens is 328 g/mol. The highest BCUT2D eigenvalue weighted by atomic mass is 79.9. The molecule has 0 saturated heterocycles. The molecule has 19 heavy (non-hydrogen) atoms. The van der Waals surface area contributed by atoms with Gasteiger partial charge in [-0.3, -0.25) is 0 Å². The Morgan fingerprint density at radius 2 is 1.58 bits per heavy atom. The summed E-state index contributed by atoms with van der Waals surface area (Å²) in [7, 11) is 0. The van der Waals surface area contributed by atoms with Gasteiger partial charge in [0.25, 0.3) is 0 Å². The highest BCUT2D eigenvalue weighted by molar-refractivity contribution is 9.10. The number of benzene rings is 2. The average Bonchev–Trinajstić information content (AvgIpc) is 2.32. The molecule has 2 aromatic rings.